The SMILES string of the molecule is CNC1CCCN(C(=O)c2cc(OC)c(OCCOC)cc2[N+](=O)[O-])C1.Cl. The first-order valence-corrected chi connectivity index (χ1v) is 8.46. The second-order valence-corrected chi connectivity index (χ2v) is 6.00. The van der Waals surface area contributed by atoms with Gasteiger partial charge in [0.15, 0.2) is 11.5 Å². The second kappa shape index (κ2) is 10.9. The number of carbonyl (C=O) groups excluding carboxylic acids is 1. The van der Waals surface area contributed by atoms with E-state index in [4.69, 9.17) is 14.2 Å². The summed E-state index contributed by atoms with van der Waals surface area (Å²) in [6.07, 6.45) is 1.82. The van der Waals surface area contributed by atoms with Crippen LogP contribution >= 0.6 is 12.4 Å². The number of nitrogens with zero attached hydrogens (tertiary/aromatic N) is 2. The first kappa shape index (κ1) is 22.9. The van der Waals surface area contributed by atoms with Gasteiger partial charge in [-0.1, -0.05) is 0 Å². The van der Waals surface area contributed by atoms with Gasteiger partial charge < -0.3 is 24.4 Å². The van der Waals surface area contributed by atoms with E-state index in [2.05, 4.69) is 5.32 Å². The van der Waals surface area contributed by atoms with E-state index in [9.17, 15) is 14.9 Å². The Morgan fingerprint density at radius 1 is 1.33 bits per heavy atom. The van der Waals surface area contributed by atoms with E-state index in [1.807, 2.05) is 7.05 Å². The molecule has 1 amide bonds. The van der Waals surface area contributed by atoms with Gasteiger partial charge in [-0.15, -0.1) is 12.4 Å². The van der Waals surface area contributed by atoms with Gasteiger partial charge in [0, 0.05) is 32.3 Å². The number of hydrogen-bond acceptors (Lipinski definition) is 7. The lowest BCUT2D eigenvalue weighted by Gasteiger charge is -2.32. The van der Waals surface area contributed by atoms with Crippen molar-refractivity contribution in [3.63, 3.8) is 0 Å². The standard InChI is InChI=1S/C17H25N3O6.ClH/c1-18-12-5-4-6-19(11-12)17(21)13-9-15(25-3)16(26-8-7-24-2)10-14(13)20(22)23;/h9-10,12,18H,4-8,11H2,1-3H3;1H. The quantitative estimate of drug-likeness (QED) is 0.401. The molecule has 1 fully saturated rings. The van der Waals surface area contributed by atoms with Crippen LogP contribution in [0.3, 0.4) is 0 Å². The minimum atomic E-state index is -0.574. The molecule has 1 unspecified atom stereocenters. The smallest absolute Gasteiger partial charge is 0.286 e. The van der Waals surface area contributed by atoms with E-state index in [1.165, 1.54) is 26.4 Å². The van der Waals surface area contributed by atoms with Crippen molar-refractivity contribution >= 4 is 24.0 Å². The van der Waals surface area contributed by atoms with Crippen molar-refractivity contribution in [1.29, 1.82) is 0 Å². The molecule has 1 N–H and O–H groups in total. The van der Waals surface area contributed by atoms with E-state index in [-0.39, 0.29) is 53.7 Å². The highest BCUT2D eigenvalue weighted by molar-refractivity contribution is 5.99. The topological polar surface area (TPSA) is 103 Å². The zero-order chi connectivity index (χ0) is 19.1. The second-order valence-electron chi connectivity index (χ2n) is 6.00. The number of nitro groups is 1. The van der Waals surface area contributed by atoms with Crippen molar-refractivity contribution in [3.8, 4) is 11.5 Å². The monoisotopic (exact) mass is 403 g/mol. The van der Waals surface area contributed by atoms with E-state index in [1.54, 1.807) is 4.90 Å². The molecule has 1 heterocycles. The molecule has 1 aliphatic rings. The van der Waals surface area contributed by atoms with Gasteiger partial charge in [-0.25, -0.2) is 0 Å². The van der Waals surface area contributed by atoms with Crippen LogP contribution < -0.4 is 14.8 Å². The normalized spacial score (nSPS) is 16.4. The van der Waals surface area contributed by atoms with Crippen LogP contribution in [0.1, 0.15) is 23.2 Å². The molecular weight excluding hydrogens is 378 g/mol. The van der Waals surface area contributed by atoms with Crippen LogP contribution in [0.5, 0.6) is 11.5 Å². The van der Waals surface area contributed by atoms with Crippen molar-refractivity contribution in [1.82, 2.24) is 10.2 Å². The summed E-state index contributed by atoms with van der Waals surface area (Å²) in [6.45, 7) is 1.63. The minimum absolute atomic E-state index is 0. The molecular formula is C17H26ClN3O6. The lowest BCUT2D eigenvalue weighted by Crippen LogP contribution is -2.47. The molecule has 152 valence electrons. The third-order valence-electron chi connectivity index (χ3n) is 4.37. The van der Waals surface area contributed by atoms with Gasteiger partial charge in [0.2, 0.25) is 0 Å². The van der Waals surface area contributed by atoms with Crippen LogP contribution in [-0.4, -0.2) is 69.3 Å². The maximum Gasteiger partial charge on any atom is 0.286 e. The predicted molar refractivity (Wildman–Crippen MR) is 102 cm³/mol. The van der Waals surface area contributed by atoms with Crippen LogP contribution in [-0.2, 0) is 4.74 Å². The molecule has 1 aromatic carbocycles. The molecule has 27 heavy (non-hydrogen) atoms. The van der Waals surface area contributed by atoms with Gasteiger partial charge in [0.05, 0.1) is 24.7 Å². The number of nitrogens with one attached hydrogen (secondary N) is 1. The Bertz CT molecular complexity index is 658. The summed E-state index contributed by atoms with van der Waals surface area (Å²) >= 11 is 0. The maximum atomic E-state index is 12.9. The molecule has 0 bridgehead atoms. The first-order valence-electron chi connectivity index (χ1n) is 8.46. The van der Waals surface area contributed by atoms with Crippen molar-refractivity contribution in [3.05, 3.63) is 27.8 Å². The first-order chi connectivity index (χ1) is 12.5. The van der Waals surface area contributed by atoms with Crippen molar-refractivity contribution in [2.45, 2.75) is 18.9 Å². The molecule has 10 heteroatoms. The number of likely N-dealkylation sites (N-methyl/N-ethyl adjacent to an activating group) is 1. The average Bonchev–Trinajstić information content (AvgIpc) is 2.67. The summed E-state index contributed by atoms with van der Waals surface area (Å²) < 4.78 is 15.7. The van der Waals surface area contributed by atoms with Crippen LogP contribution in [0.2, 0.25) is 0 Å². The largest absolute Gasteiger partial charge is 0.493 e. The van der Waals surface area contributed by atoms with E-state index < -0.39 is 4.92 Å². The molecule has 0 aromatic heterocycles. The number of likely N-dealkylation sites (tertiary alicyclic amines) is 1. The highest BCUT2D eigenvalue weighted by Crippen LogP contribution is 2.35. The zero-order valence-electron chi connectivity index (χ0n) is 15.7. The van der Waals surface area contributed by atoms with Crippen molar-refractivity contribution < 1.29 is 23.9 Å². The Morgan fingerprint density at radius 2 is 2.07 bits per heavy atom. The van der Waals surface area contributed by atoms with Crippen LogP contribution in [0.25, 0.3) is 0 Å². The third kappa shape index (κ3) is 5.69. The van der Waals surface area contributed by atoms with Gasteiger partial charge in [-0.05, 0) is 19.9 Å². The van der Waals surface area contributed by atoms with Crippen LogP contribution in [0.4, 0.5) is 5.69 Å². The predicted octanol–water partition coefficient (Wildman–Crippen LogP) is 1.87. The Balaban J connectivity index is 0.00000364. The number of benzene rings is 1. The number of rotatable bonds is 8. The molecule has 0 aliphatic carbocycles. The van der Waals surface area contributed by atoms with Gasteiger partial charge in [-0.2, -0.15) is 0 Å². The summed E-state index contributed by atoms with van der Waals surface area (Å²) in [5, 5.41) is 14.7. The highest BCUT2D eigenvalue weighted by atomic mass is 35.5. The Morgan fingerprint density at radius 3 is 2.67 bits per heavy atom. The highest BCUT2D eigenvalue weighted by Gasteiger charge is 2.30. The summed E-state index contributed by atoms with van der Waals surface area (Å²) in [7, 11) is 4.80. The molecule has 1 aromatic rings. The third-order valence-corrected chi connectivity index (χ3v) is 4.37. The molecule has 9 nitrogen and oxygen atoms in total. The number of ether oxygens (including phenoxy) is 3. The lowest BCUT2D eigenvalue weighted by atomic mass is 10.0. The fourth-order valence-corrected chi connectivity index (χ4v) is 2.95. The summed E-state index contributed by atoms with van der Waals surface area (Å²) in [6, 6.07) is 2.80. The van der Waals surface area contributed by atoms with Gasteiger partial charge in [0.25, 0.3) is 11.6 Å². The van der Waals surface area contributed by atoms with Gasteiger partial charge >= 0.3 is 0 Å². The summed E-state index contributed by atoms with van der Waals surface area (Å²) in [5.41, 5.74) is -0.294. The molecule has 0 spiro atoms. The number of methoxy groups -OCH3 is 2. The average molecular weight is 404 g/mol. The fourth-order valence-electron chi connectivity index (χ4n) is 2.95. The Kier molecular flexibility index (Phi) is 9.27. The number of hydrogen-bond donors (Lipinski definition) is 1. The van der Waals surface area contributed by atoms with Gasteiger partial charge in [-0.3, -0.25) is 14.9 Å². The maximum absolute atomic E-state index is 12.9. The number of nitro benzene ring substituents is 1. The van der Waals surface area contributed by atoms with Crippen LogP contribution in [0, 0.1) is 10.1 Å². The molecule has 2 rings (SSSR count). The summed E-state index contributed by atoms with van der Waals surface area (Å²) in [5.74, 6) is 0.107. The lowest BCUT2D eigenvalue weighted by molar-refractivity contribution is -0.385. The number of carbonyl (C=O) groups is 1. The number of amides is 1. The molecule has 1 atom stereocenters. The Labute approximate surface area is 164 Å². The van der Waals surface area contributed by atoms with E-state index in [0.29, 0.717) is 19.7 Å². The van der Waals surface area contributed by atoms with E-state index in [0.717, 1.165) is 12.8 Å². The number of piperidine rings is 1. The molecule has 1 saturated heterocycles. The van der Waals surface area contributed by atoms with Gasteiger partial charge in [0.1, 0.15) is 12.2 Å². The molecule has 0 saturated carbocycles. The fraction of sp³-hybridized carbons (Fsp3) is 0.588. The zero-order valence-corrected chi connectivity index (χ0v) is 16.5. The van der Waals surface area contributed by atoms with Crippen molar-refractivity contribution in [2.24, 2.45) is 0 Å². The molecule has 0 radical (unpaired) electrons. The molecule has 1 aliphatic heterocycles. The number of halogens is 1. The minimum Gasteiger partial charge on any atom is -0.493 e. The van der Waals surface area contributed by atoms with E-state index >= 15 is 0 Å². The summed E-state index contributed by atoms with van der Waals surface area (Å²) in [4.78, 5) is 25.5. The Hall–Kier alpha value is -2.10. The van der Waals surface area contributed by atoms with Crippen LogP contribution in [0.15, 0.2) is 12.1 Å². The van der Waals surface area contributed by atoms with Crippen molar-refractivity contribution in [2.75, 3.05) is 47.6 Å².